The molecule has 1 spiro atoms. The van der Waals surface area contributed by atoms with E-state index in [1.54, 1.807) is 0 Å². The molecule has 3 aliphatic rings. The van der Waals surface area contributed by atoms with E-state index in [-0.39, 0.29) is 24.0 Å². The first-order chi connectivity index (χ1) is 12.3. The topological polar surface area (TPSA) is 46.1 Å². The largest absolute Gasteiger partial charge is 0.381 e. The number of hydrogen-bond donors (Lipinski definition) is 1. The number of nitrogens with one attached hydrogen (secondary N) is 1. The average molecular weight is 479 g/mol. The fourth-order valence-corrected chi connectivity index (χ4v) is 4.81. The van der Waals surface area contributed by atoms with Crippen molar-refractivity contribution in [2.24, 2.45) is 16.3 Å². The van der Waals surface area contributed by atoms with Crippen LogP contribution in [0.3, 0.4) is 0 Å². The third-order valence-electron chi connectivity index (χ3n) is 6.24. The Morgan fingerprint density at radius 2 is 2.12 bits per heavy atom. The summed E-state index contributed by atoms with van der Waals surface area (Å²) in [5.41, 5.74) is 0.383. The summed E-state index contributed by atoms with van der Waals surface area (Å²) in [6, 6.07) is 0. The minimum Gasteiger partial charge on any atom is -0.381 e. The van der Waals surface area contributed by atoms with Gasteiger partial charge in [-0.2, -0.15) is 0 Å². The van der Waals surface area contributed by atoms with Crippen molar-refractivity contribution in [3.63, 3.8) is 0 Å². The Balaban J connectivity index is 0.00000243. The zero-order chi connectivity index (χ0) is 17.5. The predicted molar refractivity (Wildman–Crippen MR) is 117 cm³/mol. The molecule has 0 bridgehead atoms. The molecule has 1 aliphatic carbocycles. The molecule has 1 saturated carbocycles. The minimum absolute atomic E-state index is 0. The molecule has 152 valence electrons. The molecule has 5 nitrogen and oxygen atoms in total. The molecule has 26 heavy (non-hydrogen) atoms. The molecule has 3 fully saturated rings. The van der Waals surface area contributed by atoms with E-state index < -0.39 is 0 Å². The molecular weight excluding hydrogens is 441 g/mol. The summed E-state index contributed by atoms with van der Waals surface area (Å²) in [5.74, 6) is 1.84. The Labute approximate surface area is 176 Å². The summed E-state index contributed by atoms with van der Waals surface area (Å²) in [6.07, 6.45) is 9.31. The van der Waals surface area contributed by atoms with Gasteiger partial charge < -0.3 is 19.7 Å². The monoisotopic (exact) mass is 479 g/mol. The molecule has 2 unspecified atom stereocenters. The van der Waals surface area contributed by atoms with E-state index >= 15 is 0 Å². The third kappa shape index (κ3) is 5.71. The Morgan fingerprint density at radius 1 is 1.31 bits per heavy atom. The number of halogens is 1. The number of aliphatic imine (C=N–C) groups is 1. The zero-order valence-corrected chi connectivity index (χ0v) is 19.0. The van der Waals surface area contributed by atoms with E-state index in [1.165, 1.54) is 38.5 Å². The number of guanidine groups is 1. The Morgan fingerprint density at radius 3 is 2.77 bits per heavy atom. The summed E-state index contributed by atoms with van der Waals surface area (Å²) >= 11 is 0. The van der Waals surface area contributed by atoms with E-state index in [0.29, 0.717) is 11.5 Å². The van der Waals surface area contributed by atoms with Crippen LogP contribution in [0.4, 0.5) is 0 Å². The fourth-order valence-electron chi connectivity index (χ4n) is 4.81. The van der Waals surface area contributed by atoms with Gasteiger partial charge in [0.1, 0.15) is 0 Å². The highest BCUT2D eigenvalue weighted by molar-refractivity contribution is 14.0. The highest BCUT2D eigenvalue weighted by Crippen LogP contribution is 2.38. The number of nitrogens with zero attached hydrogens (tertiary/aromatic N) is 2. The Kier molecular flexibility index (Phi) is 9.44. The zero-order valence-electron chi connectivity index (χ0n) is 16.7. The molecule has 0 amide bonds. The molecule has 2 heterocycles. The van der Waals surface area contributed by atoms with Gasteiger partial charge >= 0.3 is 0 Å². The number of ether oxygens (including phenoxy) is 2. The van der Waals surface area contributed by atoms with Crippen molar-refractivity contribution in [2.75, 3.05) is 46.0 Å². The molecule has 0 aromatic carbocycles. The number of rotatable bonds is 7. The van der Waals surface area contributed by atoms with Crippen LogP contribution in [0.25, 0.3) is 0 Å². The van der Waals surface area contributed by atoms with Crippen LogP contribution in [0.5, 0.6) is 0 Å². The van der Waals surface area contributed by atoms with Crippen molar-refractivity contribution < 1.29 is 9.47 Å². The SMILES string of the molecule is CCNC(=NCCC(OCC)C1CCCC1)N1CCC2(CCOC2)C1.I. The molecule has 2 atom stereocenters. The van der Waals surface area contributed by atoms with Gasteiger partial charge in [0.25, 0.3) is 0 Å². The molecule has 1 N–H and O–H groups in total. The van der Waals surface area contributed by atoms with Gasteiger partial charge in [-0.3, -0.25) is 4.99 Å². The summed E-state index contributed by atoms with van der Waals surface area (Å²) < 4.78 is 11.7. The first-order valence-electron chi connectivity index (χ1n) is 10.5. The lowest BCUT2D eigenvalue weighted by atomic mass is 9.87. The molecule has 2 aliphatic heterocycles. The first kappa shape index (κ1) is 22.2. The maximum Gasteiger partial charge on any atom is 0.193 e. The van der Waals surface area contributed by atoms with Gasteiger partial charge in [-0.1, -0.05) is 12.8 Å². The summed E-state index contributed by atoms with van der Waals surface area (Å²) in [4.78, 5) is 7.40. The molecule has 6 heteroatoms. The lowest BCUT2D eigenvalue weighted by Crippen LogP contribution is -2.41. The van der Waals surface area contributed by atoms with Gasteiger partial charge in [-0.05, 0) is 51.9 Å². The Bertz CT molecular complexity index is 435. The predicted octanol–water partition coefficient (Wildman–Crippen LogP) is 3.67. The standard InChI is InChI=1S/C20H37N3O2.HI/c1-3-21-19(23-13-10-20(15-23)11-14-24-16-20)22-12-9-18(25-4-2)17-7-5-6-8-17;/h17-18H,3-16H2,1-2H3,(H,21,22);1H. The average Bonchev–Trinajstić information content (AvgIpc) is 3.37. The van der Waals surface area contributed by atoms with Gasteiger partial charge in [0, 0.05) is 44.8 Å². The lowest BCUT2D eigenvalue weighted by molar-refractivity contribution is 0.0177. The van der Waals surface area contributed by atoms with Crippen molar-refractivity contribution in [3.8, 4) is 0 Å². The molecule has 0 aromatic heterocycles. The highest BCUT2D eigenvalue weighted by atomic mass is 127. The van der Waals surface area contributed by atoms with Crippen molar-refractivity contribution in [1.82, 2.24) is 10.2 Å². The third-order valence-corrected chi connectivity index (χ3v) is 6.24. The second kappa shape index (κ2) is 11.1. The minimum atomic E-state index is 0. The van der Waals surface area contributed by atoms with E-state index in [1.807, 2.05) is 0 Å². The van der Waals surface area contributed by atoms with Crippen LogP contribution in [0.2, 0.25) is 0 Å². The van der Waals surface area contributed by atoms with Crippen LogP contribution in [0, 0.1) is 11.3 Å². The van der Waals surface area contributed by atoms with Gasteiger partial charge in [0.15, 0.2) is 5.96 Å². The second-order valence-corrected chi connectivity index (χ2v) is 8.04. The van der Waals surface area contributed by atoms with Crippen molar-refractivity contribution in [1.29, 1.82) is 0 Å². The van der Waals surface area contributed by atoms with Crippen molar-refractivity contribution in [3.05, 3.63) is 0 Å². The number of likely N-dealkylation sites (tertiary alicyclic amines) is 1. The fraction of sp³-hybridized carbons (Fsp3) is 0.950. The Hall–Kier alpha value is -0.0800. The van der Waals surface area contributed by atoms with Gasteiger partial charge in [-0.25, -0.2) is 0 Å². The highest BCUT2D eigenvalue weighted by Gasteiger charge is 2.42. The second-order valence-electron chi connectivity index (χ2n) is 8.04. The smallest absolute Gasteiger partial charge is 0.193 e. The maximum absolute atomic E-state index is 6.05. The van der Waals surface area contributed by atoms with Crippen LogP contribution >= 0.6 is 24.0 Å². The summed E-state index contributed by atoms with van der Waals surface area (Å²) in [7, 11) is 0. The van der Waals surface area contributed by atoms with E-state index in [9.17, 15) is 0 Å². The quantitative estimate of drug-likeness (QED) is 0.344. The van der Waals surface area contributed by atoms with Crippen molar-refractivity contribution >= 4 is 29.9 Å². The lowest BCUT2D eigenvalue weighted by Gasteiger charge is -2.26. The van der Waals surface area contributed by atoms with Crippen LogP contribution in [0.1, 0.15) is 58.8 Å². The molecule has 2 saturated heterocycles. The summed E-state index contributed by atoms with van der Waals surface area (Å²) in [5, 5.41) is 3.50. The maximum atomic E-state index is 6.05. The molecule has 0 aromatic rings. The first-order valence-corrected chi connectivity index (χ1v) is 10.5. The normalized spacial score (nSPS) is 27.9. The van der Waals surface area contributed by atoms with Crippen LogP contribution in [-0.2, 0) is 9.47 Å². The summed E-state index contributed by atoms with van der Waals surface area (Å²) in [6.45, 7) is 10.9. The number of hydrogen-bond acceptors (Lipinski definition) is 3. The van der Waals surface area contributed by atoms with Crippen LogP contribution in [-0.4, -0.2) is 63.0 Å². The van der Waals surface area contributed by atoms with Gasteiger partial charge in [0.05, 0.1) is 12.7 Å². The van der Waals surface area contributed by atoms with Gasteiger partial charge in [0.2, 0.25) is 0 Å². The van der Waals surface area contributed by atoms with Crippen LogP contribution in [0.15, 0.2) is 4.99 Å². The molecule has 0 radical (unpaired) electrons. The van der Waals surface area contributed by atoms with E-state index in [4.69, 9.17) is 14.5 Å². The molecule has 3 rings (SSSR count). The van der Waals surface area contributed by atoms with Gasteiger partial charge in [-0.15, -0.1) is 24.0 Å². The van der Waals surface area contributed by atoms with E-state index in [0.717, 1.165) is 64.3 Å². The van der Waals surface area contributed by atoms with E-state index in [2.05, 4.69) is 24.1 Å². The van der Waals surface area contributed by atoms with Crippen LogP contribution < -0.4 is 5.32 Å². The molecular formula is C20H38IN3O2. The van der Waals surface area contributed by atoms with Crippen molar-refractivity contribution in [2.45, 2.75) is 64.9 Å².